The fourth-order valence-corrected chi connectivity index (χ4v) is 7.79. The van der Waals surface area contributed by atoms with Crippen molar-refractivity contribution in [3.8, 4) is 0 Å². The van der Waals surface area contributed by atoms with Gasteiger partial charge in [-0.05, 0) is 110 Å². The molecule has 0 aliphatic carbocycles. The van der Waals surface area contributed by atoms with Gasteiger partial charge in [-0.15, -0.1) is 0 Å². The van der Waals surface area contributed by atoms with Gasteiger partial charge in [-0.3, -0.25) is 32.8 Å². The van der Waals surface area contributed by atoms with Gasteiger partial charge >= 0.3 is 6.03 Å². The summed E-state index contributed by atoms with van der Waals surface area (Å²) in [6.07, 6.45) is 0. The van der Waals surface area contributed by atoms with Gasteiger partial charge in [-0.1, -0.05) is 36.4 Å². The van der Waals surface area contributed by atoms with E-state index in [-0.39, 0.29) is 44.9 Å². The van der Waals surface area contributed by atoms with Gasteiger partial charge in [0.1, 0.15) is 4.90 Å². The van der Waals surface area contributed by atoms with Crippen molar-refractivity contribution in [3.05, 3.63) is 161 Å². The molecule has 9 N–H and O–H groups in total. The average Bonchev–Trinajstić information content (AvgIpc) is 3.23. The first-order valence-electron chi connectivity index (χ1n) is 18.4. The Morgan fingerprint density at radius 1 is 0.385 bits per heavy atom. The number of amides is 6. The van der Waals surface area contributed by atoms with E-state index in [1.54, 1.807) is 60.7 Å². The van der Waals surface area contributed by atoms with E-state index in [1.807, 2.05) is 0 Å². The molecule has 6 amide bonds. The minimum Gasteiger partial charge on any atom is -0.322 e. The molecule has 0 bridgehead atoms. The van der Waals surface area contributed by atoms with Gasteiger partial charge in [0.05, 0.1) is 15.5 Å². The van der Waals surface area contributed by atoms with E-state index < -0.39 is 80.4 Å². The summed E-state index contributed by atoms with van der Waals surface area (Å²) in [6, 6.07) is 27.7. The summed E-state index contributed by atoms with van der Waals surface area (Å²) in [4.78, 5) is 65.4. The van der Waals surface area contributed by atoms with E-state index in [0.717, 1.165) is 36.4 Å². The van der Waals surface area contributed by atoms with Crippen LogP contribution in [-0.4, -0.2) is 68.6 Å². The van der Waals surface area contributed by atoms with Crippen LogP contribution in [0.4, 0.5) is 38.9 Å². The Kier molecular flexibility index (Phi) is 13.6. The SMILES string of the molecule is Cc1cc(S(=O)(=O)O)ccc1NC(=O)c1cc(NC(=O)Nc2cc(C(=O)Nc3ccccc3)cc(C(=O)Nc3ccc(S(=O)(=O)O)cc3S(=O)(=O)O)c2)cc(C(=O)Nc2ccccc2)c1. The second-order valence-electron chi connectivity index (χ2n) is 13.8. The molecule has 0 aliphatic heterocycles. The highest BCUT2D eigenvalue weighted by Gasteiger charge is 2.24. The van der Waals surface area contributed by atoms with E-state index >= 15 is 0 Å². The van der Waals surface area contributed by atoms with Crippen LogP contribution >= 0.6 is 0 Å². The highest BCUT2D eigenvalue weighted by Crippen LogP contribution is 2.28. The molecule has 0 fully saturated rings. The lowest BCUT2D eigenvalue weighted by atomic mass is 10.1. The maximum Gasteiger partial charge on any atom is 0.323 e. The molecular formula is C42H34N6O14S3. The van der Waals surface area contributed by atoms with Gasteiger partial charge in [-0.2, -0.15) is 25.3 Å². The molecule has 0 spiro atoms. The van der Waals surface area contributed by atoms with Crippen LogP contribution < -0.4 is 31.9 Å². The molecule has 0 heterocycles. The molecule has 0 saturated heterocycles. The lowest BCUT2D eigenvalue weighted by molar-refractivity contribution is 0.101. The van der Waals surface area contributed by atoms with Gasteiger partial charge < -0.3 is 31.9 Å². The molecule has 0 aliphatic rings. The molecule has 0 saturated carbocycles. The Morgan fingerprint density at radius 3 is 1.14 bits per heavy atom. The Balaban J connectivity index is 1.33. The fraction of sp³-hybridized carbons (Fsp3) is 0.0238. The Hall–Kier alpha value is -7.80. The van der Waals surface area contributed by atoms with E-state index in [4.69, 9.17) is 0 Å². The number of carbonyl (C=O) groups excluding carboxylic acids is 5. The van der Waals surface area contributed by atoms with Crippen LogP contribution in [0.3, 0.4) is 0 Å². The lowest BCUT2D eigenvalue weighted by Gasteiger charge is -2.15. The zero-order chi connectivity index (χ0) is 47.3. The van der Waals surface area contributed by atoms with Crippen LogP contribution in [0.25, 0.3) is 0 Å². The minimum atomic E-state index is -5.21. The van der Waals surface area contributed by atoms with Crippen LogP contribution in [0, 0.1) is 6.92 Å². The number of hydrogen-bond donors (Lipinski definition) is 9. The predicted octanol–water partition coefficient (Wildman–Crippen LogP) is 6.39. The van der Waals surface area contributed by atoms with Crippen LogP contribution in [0.15, 0.2) is 148 Å². The lowest BCUT2D eigenvalue weighted by Crippen LogP contribution is -2.23. The number of urea groups is 1. The maximum atomic E-state index is 13.7. The molecule has 0 unspecified atom stereocenters. The van der Waals surface area contributed by atoms with E-state index in [1.165, 1.54) is 37.3 Å². The average molecular weight is 943 g/mol. The Labute approximate surface area is 370 Å². The van der Waals surface area contributed by atoms with E-state index in [2.05, 4.69) is 31.9 Å². The van der Waals surface area contributed by atoms with Crippen LogP contribution in [0.1, 0.15) is 47.0 Å². The number of nitrogens with one attached hydrogen (secondary N) is 6. The second kappa shape index (κ2) is 18.9. The number of carbonyl (C=O) groups is 5. The van der Waals surface area contributed by atoms with Crippen molar-refractivity contribution in [1.29, 1.82) is 0 Å². The fourth-order valence-electron chi connectivity index (χ4n) is 5.97. The molecule has 6 aromatic carbocycles. The van der Waals surface area contributed by atoms with Crippen molar-refractivity contribution < 1.29 is 62.9 Å². The quantitative estimate of drug-likeness (QED) is 0.0567. The predicted molar refractivity (Wildman–Crippen MR) is 237 cm³/mol. The minimum absolute atomic E-state index is 0.109. The molecule has 65 heavy (non-hydrogen) atoms. The smallest absolute Gasteiger partial charge is 0.322 e. The molecule has 0 atom stereocenters. The second-order valence-corrected chi connectivity index (χ2v) is 18.0. The first kappa shape index (κ1) is 46.7. The maximum absolute atomic E-state index is 13.7. The third-order valence-electron chi connectivity index (χ3n) is 9.01. The van der Waals surface area contributed by atoms with Crippen molar-refractivity contribution in [2.45, 2.75) is 21.6 Å². The summed E-state index contributed by atoms with van der Waals surface area (Å²) >= 11 is 0. The van der Waals surface area contributed by atoms with Crippen molar-refractivity contribution in [2.75, 3.05) is 31.9 Å². The molecule has 20 nitrogen and oxygen atoms in total. The summed E-state index contributed by atoms with van der Waals surface area (Å²) in [5.74, 6) is -3.40. The van der Waals surface area contributed by atoms with Gasteiger partial charge in [-0.25, -0.2) is 4.79 Å². The number of benzene rings is 6. The van der Waals surface area contributed by atoms with E-state index in [0.29, 0.717) is 17.4 Å². The largest absolute Gasteiger partial charge is 0.323 e. The third kappa shape index (κ3) is 12.2. The topological polar surface area (TPSA) is 321 Å². The molecule has 6 aromatic rings. The highest BCUT2D eigenvalue weighted by molar-refractivity contribution is 7.86. The molecule has 0 aromatic heterocycles. The number of anilines is 6. The highest BCUT2D eigenvalue weighted by atomic mass is 32.2. The number of para-hydroxylation sites is 2. The third-order valence-corrected chi connectivity index (χ3v) is 11.6. The van der Waals surface area contributed by atoms with Gasteiger partial charge in [0.15, 0.2) is 0 Å². The van der Waals surface area contributed by atoms with Gasteiger partial charge in [0.2, 0.25) is 0 Å². The molecular weight excluding hydrogens is 909 g/mol. The summed E-state index contributed by atoms with van der Waals surface area (Å²) in [6.45, 7) is 1.47. The summed E-state index contributed by atoms with van der Waals surface area (Å²) in [5, 5.41) is 15.0. The molecule has 6 rings (SSSR count). The van der Waals surface area contributed by atoms with Crippen molar-refractivity contribution >= 4 is 94.1 Å². The Bertz CT molecular complexity index is 3240. The standard InChI is InChI=1S/C42H34N6O14S3/c1-24-16-33(63(54,55)56)12-14-35(24)47-40(51)27-17-25(38(49)43-29-8-4-2-5-9-29)19-31(21-27)45-42(53)46-32-20-26(39(50)44-30-10-6-3-7-11-30)18-28(22-32)41(52)48-36-15-13-34(64(57,58)59)23-37(36)65(60,61)62/h2-23H,1H3,(H,43,49)(H,44,50)(H,47,51)(H,48,52)(H2,45,46,53)(H,54,55,56)(H,57,58,59)(H,60,61,62). The van der Waals surface area contributed by atoms with Crippen LogP contribution in [-0.2, 0) is 30.4 Å². The molecule has 23 heteroatoms. The normalized spacial score (nSPS) is 11.4. The zero-order valence-corrected chi connectivity index (χ0v) is 35.7. The number of hydrogen-bond acceptors (Lipinski definition) is 11. The van der Waals surface area contributed by atoms with Crippen molar-refractivity contribution in [3.63, 3.8) is 0 Å². The van der Waals surface area contributed by atoms with Crippen LogP contribution in [0.2, 0.25) is 0 Å². The number of aryl methyl sites for hydroxylation is 1. The van der Waals surface area contributed by atoms with Crippen molar-refractivity contribution in [1.82, 2.24) is 0 Å². The zero-order valence-electron chi connectivity index (χ0n) is 33.3. The molecule has 0 radical (unpaired) electrons. The van der Waals surface area contributed by atoms with Crippen LogP contribution in [0.5, 0.6) is 0 Å². The van der Waals surface area contributed by atoms with E-state index in [9.17, 15) is 62.9 Å². The monoisotopic (exact) mass is 942 g/mol. The summed E-state index contributed by atoms with van der Waals surface area (Å²) in [7, 11) is -14.7. The van der Waals surface area contributed by atoms with Gasteiger partial charge in [0, 0.05) is 50.7 Å². The summed E-state index contributed by atoms with van der Waals surface area (Å²) < 4.78 is 99.6. The summed E-state index contributed by atoms with van der Waals surface area (Å²) in [5.41, 5.74) is -0.663. The first-order valence-corrected chi connectivity index (χ1v) is 22.8. The van der Waals surface area contributed by atoms with Crippen molar-refractivity contribution in [2.24, 2.45) is 0 Å². The first-order chi connectivity index (χ1) is 30.5. The number of rotatable bonds is 13. The van der Waals surface area contributed by atoms with Gasteiger partial charge in [0.25, 0.3) is 54.0 Å². The molecule has 334 valence electrons. The Morgan fingerprint density at radius 2 is 0.754 bits per heavy atom.